The zero-order chi connectivity index (χ0) is 12.5. The Labute approximate surface area is 93.5 Å². The molecule has 16 heavy (non-hydrogen) atoms. The summed E-state index contributed by atoms with van der Waals surface area (Å²) >= 11 is 0. The maximum absolute atomic E-state index is 11.0. The van der Waals surface area contributed by atoms with Gasteiger partial charge in [-0.1, -0.05) is 29.3 Å². The number of hydrogen-bond donors (Lipinski definition) is 2. The second-order valence-electron chi connectivity index (χ2n) is 3.65. The van der Waals surface area contributed by atoms with Crippen LogP contribution < -0.4 is 0 Å². The first-order chi connectivity index (χ1) is 7.21. The highest BCUT2D eigenvalue weighted by Crippen LogP contribution is 2.23. The molecule has 0 saturated carbocycles. The number of aryl methyl sites for hydroxylation is 2. The van der Waals surface area contributed by atoms with Crippen molar-refractivity contribution < 1.29 is 22.9 Å². The van der Waals surface area contributed by atoms with Crippen LogP contribution in [0.5, 0.6) is 0 Å². The van der Waals surface area contributed by atoms with E-state index in [1.807, 2.05) is 0 Å². The van der Waals surface area contributed by atoms with Gasteiger partial charge in [0.1, 0.15) is 0 Å². The molecule has 1 atom stereocenters. The molecule has 0 amide bonds. The molecular formula is C10H12O5S. The number of rotatable bonds is 3. The Hall–Kier alpha value is -1.40. The lowest BCUT2D eigenvalue weighted by molar-refractivity contribution is -0.136. The first-order valence-electron chi connectivity index (χ1n) is 4.49. The third-order valence-corrected chi connectivity index (χ3v) is 3.14. The molecule has 0 aliphatic heterocycles. The number of carbonyl (C=O) groups is 1. The second-order valence-corrected chi connectivity index (χ2v) is 5.16. The number of hydrogen-bond acceptors (Lipinski definition) is 3. The third kappa shape index (κ3) is 2.80. The monoisotopic (exact) mass is 244 g/mol. The Bertz CT molecular complexity index is 498. The lowest BCUT2D eigenvalue weighted by atomic mass is 10.0. The normalized spacial score (nSPS) is 13.4. The van der Waals surface area contributed by atoms with Gasteiger partial charge in [0.15, 0.2) is 0 Å². The first-order valence-corrected chi connectivity index (χ1v) is 5.99. The average Bonchev–Trinajstić information content (AvgIpc) is 1.96. The molecule has 0 heterocycles. The first kappa shape index (κ1) is 12.7. The fourth-order valence-corrected chi connectivity index (χ4v) is 2.34. The van der Waals surface area contributed by atoms with Gasteiger partial charge in [0.2, 0.25) is 5.25 Å². The van der Waals surface area contributed by atoms with Crippen LogP contribution in [0.3, 0.4) is 0 Å². The summed E-state index contributed by atoms with van der Waals surface area (Å²) in [6.45, 7) is 3.44. The van der Waals surface area contributed by atoms with Crippen molar-refractivity contribution >= 4 is 16.1 Å². The van der Waals surface area contributed by atoms with Crippen LogP contribution >= 0.6 is 0 Å². The smallest absolute Gasteiger partial charge is 0.329 e. The van der Waals surface area contributed by atoms with E-state index in [0.717, 1.165) is 11.1 Å². The molecule has 0 saturated heterocycles. The van der Waals surface area contributed by atoms with E-state index in [4.69, 9.17) is 9.66 Å². The Morgan fingerprint density at radius 2 is 1.62 bits per heavy atom. The van der Waals surface area contributed by atoms with Crippen LogP contribution in [0.25, 0.3) is 0 Å². The van der Waals surface area contributed by atoms with E-state index in [1.54, 1.807) is 19.9 Å². The van der Waals surface area contributed by atoms with Gasteiger partial charge >= 0.3 is 5.97 Å². The lowest BCUT2D eigenvalue weighted by Gasteiger charge is -2.11. The molecule has 0 bridgehead atoms. The third-order valence-electron chi connectivity index (χ3n) is 2.07. The van der Waals surface area contributed by atoms with Crippen LogP contribution in [0, 0.1) is 13.8 Å². The molecule has 0 aliphatic carbocycles. The van der Waals surface area contributed by atoms with Crippen molar-refractivity contribution in [3.05, 3.63) is 34.9 Å². The molecule has 0 fully saturated rings. The van der Waals surface area contributed by atoms with Crippen LogP contribution in [0.2, 0.25) is 0 Å². The van der Waals surface area contributed by atoms with Crippen LogP contribution in [-0.4, -0.2) is 24.0 Å². The van der Waals surface area contributed by atoms with Gasteiger partial charge < -0.3 is 5.11 Å². The van der Waals surface area contributed by atoms with E-state index in [9.17, 15) is 13.2 Å². The summed E-state index contributed by atoms with van der Waals surface area (Å²) in [6.07, 6.45) is 0. The predicted molar refractivity (Wildman–Crippen MR) is 57.8 cm³/mol. The van der Waals surface area contributed by atoms with Crippen molar-refractivity contribution in [3.8, 4) is 0 Å². The highest BCUT2D eigenvalue weighted by molar-refractivity contribution is 7.86. The maximum atomic E-state index is 11.0. The van der Waals surface area contributed by atoms with Gasteiger partial charge in [-0.2, -0.15) is 8.42 Å². The Morgan fingerprint density at radius 1 is 1.19 bits per heavy atom. The molecule has 1 aromatic rings. The second kappa shape index (κ2) is 4.23. The standard InChI is InChI=1S/C10H12O5S/c1-6-3-7(2)5-8(4-6)9(10(11)12)16(13,14)15/h3-5,9H,1-2H3,(H,11,12)(H,13,14,15). The Balaban J connectivity index is 3.38. The molecule has 2 N–H and O–H groups in total. The SMILES string of the molecule is Cc1cc(C)cc(C(C(=O)O)S(=O)(=O)O)c1. The Morgan fingerprint density at radius 3 is 1.94 bits per heavy atom. The quantitative estimate of drug-likeness (QED) is 0.782. The fourth-order valence-electron chi connectivity index (χ4n) is 1.60. The van der Waals surface area contributed by atoms with Gasteiger partial charge in [-0.25, -0.2) is 0 Å². The van der Waals surface area contributed by atoms with Gasteiger partial charge in [0.05, 0.1) is 0 Å². The van der Waals surface area contributed by atoms with Gasteiger partial charge in [0.25, 0.3) is 10.1 Å². The molecule has 1 unspecified atom stereocenters. The summed E-state index contributed by atoms with van der Waals surface area (Å²) < 4.78 is 30.8. The van der Waals surface area contributed by atoms with E-state index in [1.165, 1.54) is 12.1 Å². The summed E-state index contributed by atoms with van der Waals surface area (Å²) in [7, 11) is -4.65. The molecule has 0 radical (unpaired) electrons. The van der Waals surface area contributed by atoms with Gasteiger partial charge in [-0.15, -0.1) is 0 Å². The number of carboxylic acid groups (broad SMARTS) is 1. The van der Waals surface area contributed by atoms with Crippen molar-refractivity contribution in [2.24, 2.45) is 0 Å². The van der Waals surface area contributed by atoms with Crippen molar-refractivity contribution in [2.45, 2.75) is 19.1 Å². The fraction of sp³-hybridized carbons (Fsp3) is 0.300. The highest BCUT2D eigenvalue weighted by atomic mass is 32.2. The maximum Gasteiger partial charge on any atom is 0.329 e. The molecule has 88 valence electrons. The molecule has 0 aliphatic rings. The summed E-state index contributed by atoms with van der Waals surface area (Å²) in [5.74, 6) is -1.59. The van der Waals surface area contributed by atoms with Crippen molar-refractivity contribution in [1.29, 1.82) is 0 Å². The van der Waals surface area contributed by atoms with Gasteiger partial charge in [-0.05, 0) is 19.4 Å². The van der Waals surface area contributed by atoms with Gasteiger partial charge in [-0.3, -0.25) is 9.35 Å². The molecule has 1 rings (SSSR count). The Kier molecular flexibility index (Phi) is 3.35. The minimum Gasteiger partial charge on any atom is -0.480 e. The van der Waals surface area contributed by atoms with Crippen LogP contribution in [0.1, 0.15) is 21.9 Å². The summed E-state index contributed by atoms with van der Waals surface area (Å²) in [4.78, 5) is 10.8. The van der Waals surface area contributed by atoms with Crippen molar-refractivity contribution in [1.82, 2.24) is 0 Å². The summed E-state index contributed by atoms with van der Waals surface area (Å²) in [5.41, 5.74) is 1.54. The van der Waals surface area contributed by atoms with Crippen LogP contribution in [0.15, 0.2) is 18.2 Å². The van der Waals surface area contributed by atoms with Gasteiger partial charge in [0, 0.05) is 0 Å². The molecule has 6 heteroatoms. The molecule has 0 spiro atoms. The van der Waals surface area contributed by atoms with E-state index >= 15 is 0 Å². The minimum atomic E-state index is -4.65. The minimum absolute atomic E-state index is 0.0625. The van der Waals surface area contributed by atoms with Crippen LogP contribution in [-0.2, 0) is 14.9 Å². The number of benzene rings is 1. The predicted octanol–water partition coefficient (Wildman–Crippen LogP) is 1.32. The number of aliphatic carboxylic acids is 1. The topological polar surface area (TPSA) is 91.7 Å². The lowest BCUT2D eigenvalue weighted by Crippen LogP contribution is -2.21. The summed E-state index contributed by atoms with van der Waals surface area (Å²) in [6, 6.07) is 4.64. The summed E-state index contributed by atoms with van der Waals surface area (Å²) in [5, 5.41) is 6.88. The largest absolute Gasteiger partial charge is 0.480 e. The molecule has 1 aromatic carbocycles. The van der Waals surface area contributed by atoms with E-state index in [0.29, 0.717) is 0 Å². The van der Waals surface area contributed by atoms with E-state index < -0.39 is 21.3 Å². The molecule has 5 nitrogen and oxygen atoms in total. The molecule has 0 aromatic heterocycles. The van der Waals surface area contributed by atoms with Crippen LogP contribution in [0.4, 0.5) is 0 Å². The van der Waals surface area contributed by atoms with E-state index in [2.05, 4.69) is 0 Å². The highest BCUT2D eigenvalue weighted by Gasteiger charge is 2.32. The average molecular weight is 244 g/mol. The van der Waals surface area contributed by atoms with Crippen molar-refractivity contribution in [2.75, 3.05) is 0 Å². The van der Waals surface area contributed by atoms with Crippen molar-refractivity contribution in [3.63, 3.8) is 0 Å². The molecular weight excluding hydrogens is 232 g/mol. The van der Waals surface area contributed by atoms with E-state index in [-0.39, 0.29) is 5.56 Å². The zero-order valence-electron chi connectivity index (χ0n) is 8.84. The zero-order valence-corrected chi connectivity index (χ0v) is 9.65. The number of carboxylic acids is 1.